The number of hydrogen-bond acceptors (Lipinski definition) is 5. The molecule has 0 bridgehead atoms. The second kappa shape index (κ2) is 6.02. The molecule has 2 heterocycles. The molecule has 0 saturated carbocycles. The quantitative estimate of drug-likeness (QED) is 0.514. The number of aliphatic imine (C=N–C) groups is 2. The van der Waals surface area contributed by atoms with Crippen molar-refractivity contribution < 1.29 is 4.79 Å². The van der Waals surface area contributed by atoms with E-state index in [1.807, 2.05) is 50.2 Å². The first-order chi connectivity index (χ1) is 12.5. The van der Waals surface area contributed by atoms with Crippen LogP contribution in [0.15, 0.2) is 52.4 Å². The Kier molecular flexibility index (Phi) is 3.80. The van der Waals surface area contributed by atoms with Gasteiger partial charge in [0.25, 0.3) is 5.95 Å². The number of aromatic nitrogens is 3. The second-order valence-electron chi connectivity index (χ2n) is 6.30. The van der Waals surface area contributed by atoms with Gasteiger partial charge in [-0.3, -0.25) is 9.56 Å². The number of fused-ring (bicyclic) bond motifs is 3. The average Bonchev–Trinajstić information content (AvgIpc) is 3.01. The van der Waals surface area contributed by atoms with Crippen LogP contribution in [0.1, 0.15) is 30.8 Å². The number of rotatable bonds is 2. The molecular formula is C19H13ClN5O. The van der Waals surface area contributed by atoms with Gasteiger partial charge in [0.15, 0.2) is 5.82 Å². The first-order valence-electron chi connectivity index (χ1n) is 7.92. The Labute approximate surface area is 154 Å². The highest BCUT2D eigenvalue weighted by Crippen LogP contribution is 2.36. The predicted molar refractivity (Wildman–Crippen MR) is 98.1 cm³/mol. The predicted octanol–water partition coefficient (Wildman–Crippen LogP) is 3.77. The first-order valence-corrected chi connectivity index (χ1v) is 8.30. The SMILES string of the molecule is CC1(C)N=C(c2ccccc2Cl)c2c[c]ccc2-n2c(N=C=O)nnc21. The monoisotopic (exact) mass is 362 g/mol. The van der Waals surface area contributed by atoms with Gasteiger partial charge in [-0.05, 0) is 38.1 Å². The molecule has 0 N–H and O–H groups in total. The minimum Gasteiger partial charge on any atom is -0.270 e. The van der Waals surface area contributed by atoms with Gasteiger partial charge in [-0.25, -0.2) is 4.79 Å². The smallest absolute Gasteiger partial charge is 0.266 e. The Bertz CT molecular complexity index is 1090. The normalized spacial score (nSPS) is 14.5. The summed E-state index contributed by atoms with van der Waals surface area (Å²) in [6, 6.07) is 16.1. The largest absolute Gasteiger partial charge is 0.270 e. The van der Waals surface area contributed by atoms with Crippen LogP contribution in [0.5, 0.6) is 0 Å². The van der Waals surface area contributed by atoms with E-state index in [-0.39, 0.29) is 5.95 Å². The van der Waals surface area contributed by atoms with E-state index >= 15 is 0 Å². The summed E-state index contributed by atoms with van der Waals surface area (Å²) < 4.78 is 1.72. The van der Waals surface area contributed by atoms with Gasteiger partial charge in [0.2, 0.25) is 6.08 Å². The molecule has 6 nitrogen and oxygen atoms in total. The number of halogens is 1. The molecule has 0 aliphatic carbocycles. The van der Waals surface area contributed by atoms with Gasteiger partial charge in [-0.2, -0.15) is 0 Å². The zero-order valence-electron chi connectivity index (χ0n) is 14.1. The molecule has 3 aromatic rings. The molecule has 0 spiro atoms. The lowest BCUT2D eigenvalue weighted by molar-refractivity contribution is 0.511. The molecular weight excluding hydrogens is 350 g/mol. The van der Waals surface area contributed by atoms with Crippen molar-refractivity contribution in [1.82, 2.24) is 14.8 Å². The van der Waals surface area contributed by atoms with Crippen LogP contribution in [0.25, 0.3) is 5.69 Å². The van der Waals surface area contributed by atoms with Crippen molar-refractivity contribution in [2.24, 2.45) is 9.98 Å². The van der Waals surface area contributed by atoms with Crippen LogP contribution >= 0.6 is 11.6 Å². The number of carbonyl (C=O) groups excluding carboxylic acids is 1. The Morgan fingerprint density at radius 1 is 1.19 bits per heavy atom. The van der Waals surface area contributed by atoms with Crippen molar-refractivity contribution in [2.45, 2.75) is 19.4 Å². The minimum absolute atomic E-state index is 0.158. The highest BCUT2D eigenvalue weighted by molar-refractivity contribution is 6.35. The zero-order chi connectivity index (χ0) is 18.3. The van der Waals surface area contributed by atoms with Crippen molar-refractivity contribution in [2.75, 3.05) is 0 Å². The summed E-state index contributed by atoms with van der Waals surface area (Å²) in [6.45, 7) is 3.85. The summed E-state index contributed by atoms with van der Waals surface area (Å²) in [5.74, 6) is 0.729. The van der Waals surface area contributed by atoms with Crippen molar-refractivity contribution in [3.8, 4) is 5.69 Å². The topological polar surface area (TPSA) is 72.5 Å². The van der Waals surface area contributed by atoms with E-state index in [1.165, 1.54) is 6.08 Å². The van der Waals surface area contributed by atoms with Gasteiger partial charge in [-0.15, -0.1) is 15.2 Å². The zero-order valence-corrected chi connectivity index (χ0v) is 14.8. The van der Waals surface area contributed by atoms with Crippen LogP contribution in [0, 0.1) is 6.07 Å². The van der Waals surface area contributed by atoms with E-state index in [9.17, 15) is 4.79 Å². The lowest BCUT2D eigenvalue weighted by Crippen LogP contribution is -2.20. The Hall–Kier alpha value is -3.08. The van der Waals surface area contributed by atoms with Crippen LogP contribution < -0.4 is 0 Å². The average molecular weight is 363 g/mol. The number of isocyanates is 1. The molecule has 0 atom stereocenters. The van der Waals surface area contributed by atoms with Crippen molar-refractivity contribution >= 4 is 29.3 Å². The molecule has 7 heteroatoms. The van der Waals surface area contributed by atoms with Gasteiger partial charge < -0.3 is 0 Å². The second-order valence-corrected chi connectivity index (χ2v) is 6.71. The fourth-order valence-corrected chi connectivity index (χ4v) is 3.29. The molecule has 0 amide bonds. The summed E-state index contributed by atoms with van der Waals surface area (Å²) in [4.78, 5) is 19.5. The van der Waals surface area contributed by atoms with E-state index in [4.69, 9.17) is 16.6 Å². The number of nitrogens with zero attached hydrogens (tertiary/aromatic N) is 5. The van der Waals surface area contributed by atoms with Gasteiger partial charge in [-0.1, -0.05) is 35.9 Å². The maximum absolute atomic E-state index is 10.8. The summed E-state index contributed by atoms with van der Waals surface area (Å²) in [6.07, 6.45) is 1.54. The molecule has 4 rings (SSSR count). The van der Waals surface area contributed by atoms with E-state index in [2.05, 4.69) is 21.3 Å². The molecule has 1 aromatic heterocycles. The maximum Gasteiger partial charge on any atom is 0.266 e. The van der Waals surface area contributed by atoms with Crippen LogP contribution in [0.2, 0.25) is 5.02 Å². The molecule has 1 aliphatic heterocycles. The maximum atomic E-state index is 10.8. The summed E-state index contributed by atoms with van der Waals surface area (Å²) in [5.41, 5.74) is 2.36. The highest BCUT2D eigenvalue weighted by atomic mass is 35.5. The minimum atomic E-state index is -0.725. The lowest BCUT2D eigenvalue weighted by Gasteiger charge is -2.18. The molecule has 26 heavy (non-hydrogen) atoms. The van der Waals surface area contributed by atoms with Crippen molar-refractivity contribution in [1.29, 1.82) is 0 Å². The van der Waals surface area contributed by atoms with Gasteiger partial charge in [0.1, 0.15) is 5.54 Å². The number of hydrogen-bond donors (Lipinski definition) is 0. The highest BCUT2D eigenvalue weighted by Gasteiger charge is 2.34. The summed E-state index contributed by atoms with van der Waals surface area (Å²) in [7, 11) is 0. The standard InChI is InChI=1S/C19H13ClN5O/c1-19(2)17-23-24-18(21-11-26)25(17)15-10-6-4-8-13(15)16(22-19)12-7-3-5-9-14(12)20/h3,5-10H,1-2H3. The Morgan fingerprint density at radius 3 is 2.77 bits per heavy atom. The van der Waals surface area contributed by atoms with Crippen molar-refractivity contribution in [3.05, 3.63) is 70.5 Å². The third kappa shape index (κ3) is 2.47. The van der Waals surface area contributed by atoms with Crippen LogP contribution in [-0.4, -0.2) is 26.6 Å². The molecule has 1 radical (unpaired) electrons. The molecule has 2 aromatic carbocycles. The molecule has 1 aliphatic rings. The van der Waals surface area contributed by atoms with Gasteiger partial charge in [0, 0.05) is 16.1 Å². The summed E-state index contributed by atoms with van der Waals surface area (Å²) >= 11 is 6.44. The molecule has 0 unspecified atom stereocenters. The van der Waals surface area contributed by atoms with E-state index in [1.54, 1.807) is 10.6 Å². The van der Waals surface area contributed by atoms with Gasteiger partial charge >= 0.3 is 0 Å². The van der Waals surface area contributed by atoms with Crippen LogP contribution in [-0.2, 0) is 10.3 Å². The van der Waals surface area contributed by atoms with Gasteiger partial charge in [0.05, 0.1) is 11.4 Å². The van der Waals surface area contributed by atoms with Crippen molar-refractivity contribution in [3.63, 3.8) is 0 Å². The van der Waals surface area contributed by atoms with Crippen LogP contribution in [0.4, 0.5) is 5.95 Å². The first kappa shape index (κ1) is 16.4. The fraction of sp³-hybridized carbons (Fsp3) is 0.158. The fourth-order valence-electron chi connectivity index (χ4n) is 3.06. The molecule has 0 saturated heterocycles. The van der Waals surface area contributed by atoms with E-state index in [0.29, 0.717) is 10.8 Å². The number of benzene rings is 2. The third-order valence-corrected chi connectivity index (χ3v) is 4.53. The van der Waals surface area contributed by atoms with Crippen LogP contribution in [0.3, 0.4) is 0 Å². The van der Waals surface area contributed by atoms with E-state index < -0.39 is 5.54 Å². The van der Waals surface area contributed by atoms with E-state index in [0.717, 1.165) is 22.5 Å². The third-order valence-electron chi connectivity index (χ3n) is 4.20. The summed E-state index contributed by atoms with van der Waals surface area (Å²) in [5, 5.41) is 8.84. The molecule has 127 valence electrons. The lowest BCUT2D eigenvalue weighted by atomic mass is 9.99. The molecule has 0 fully saturated rings. The Morgan fingerprint density at radius 2 is 2.00 bits per heavy atom. The Balaban J connectivity index is 2.10.